The molecule has 3 rings (SSSR count). The highest BCUT2D eigenvalue weighted by Crippen LogP contribution is 2.26. The number of halogens is 1. The molecule has 6 heteroatoms. The van der Waals surface area contributed by atoms with E-state index >= 15 is 0 Å². The van der Waals surface area contributed by atoms with E-state index in [0.29, 0.717) is 29.4 Å². The van der Waals surface area contributed by atoms with E-state index < -0.39 is 0 Å². The third-order valence-corrected chi connectivity index (χ3v) is 3.67. The molecule has 2 heterocycles. The molecule has 1 N–H and O–H groups in total. The van der Waals surface area contributed by atoms with E-state index in [2.05, 4.69) is 27.5 Å². The average molecular weight is 279 g/mol. The van der Waals surface area contributed by atoms with Crippen molar-refractivity contribution < 1.29 is 4.42 Å². The molecule has 100 valence electrons. The van der Waals surface area contributed by atoms with Crippen LogP contribution in [0.4, 0.5) is 0 Å². The van der Waals surface area contributed by atoms with Crippen LogP contribution in [-0.2, 0) is 6.54 Å². The largest absolute Gasteiger partial charge is 0.419 e. The van der Waals surface area contributed by atoms with E-state index in [9.17, 15) is 0 Å². The molecule has 0 saturated carbocycles. The van der Waals surface area contributed by atoms with Gasteiger partial charge >= 0.3 is 0 Å². The Kier molecular flexibility index (Phi) is 3.50. The molecule has 1 aliphatic rings. The van der Waals surface area contributed by atoms with Crippen molar-refractivity contribution in [2.45, 2.75) is 12.6 Å². The highest BCUT2D eigenvalue weighted by atomic mass is 35.5. The standard InChI is InChI=1S/C13H15ClN4O/c1-18(9-6-15-7-9)8-12-16-17-13(19-12)10-4-2-3-5-11(10)14/h2-5,9,15H,6-8H2,1H3. The van der Waals surface area contributed by atoms with Crippen molar-refractivity contribution in [1.29, 1.82) is 0 Å². The van der Waals surface area contributed by atoms with Gasteiger partial charge in [-0.05, 0) is 19.2 Å². The van der Waals surface area contributed by atoms with Crippen LogP contribution in [0.3, 0.4) is 0 Å². The highest BCUT2D eigenvalue weighted by Gasteiger charge is 2.23. The third kappa shape index (κ3) is 2.63. The van der Waals surface area contributed by atoms with E-state index in [4.69, 9.17) is 16.0 Å². The Morgan fingerprint density at radius 3 is 2.84 bits per heavy atom. The summed E-state index contributed by atoms with van der Waals surface area (Å²) in [6.07, 6.45) is 0. The van der Waals surface area contributed by atoms with Gasteiger partial charge in [0.15, 0.2) is 0 Å². The van der Waals surface area contributed by atoms with Gasteiger partial charge < -0.3 is 9.73 Å². The second-order valence-electron chi connectivity index (χ2n) is 4.71. The van der Waals surface area contributed by atoms with E-state index in [1.807, 2.05) is 24.3 Å². The SMILES string of the molecule is CN(Cc1nnc(-c2ccccc2Cl)o1)C1CNC1. The molecule has 1 aliphatic heterocycles. The van der Waals surface area contributed by atoms with Gasteiger partial charge in [0.25, 0.3) is 0 Å². The number of nitrogens with zero attached hydrogens (tertiary/aromatic N) is 3. The van der Waals surface area contributed by atoms with Crippen molar-refractivity contribution in [2.75, 3.05) is 20.1 Å². The maximum absolute atomic E-state index is 6.11. The monoisotopic (exact) mass is 278 g/mol. The zero-order valence-corrected chi connectivity index (χ0v) is 11.4. The Hall–Kier alpha value is -1.43. The zero-order chi connectivity index (χ0) is 13.2. The van der Waals surface area contributed by atoms with E-state index in [-0.39, 0.29) is 0 Å². The Morgan fingerprint density at radius 1 is 1.37 bits per heavy atom. The molecule has 5 nitrogen and oxygen atoms in total. The van der Waals surface area contributed by atoms with Gasteiger partial charge in [-0.1, -0.05) is 23.7 Å². The molecule has 1 aromatic carbocycles. The molecule has 1 aromatic heterocycles. The normalized spacial score (nSPS) is 15.7. The summed E-state index contributed by atoms with van der Waals surface area (Å²) < 4.78 is 5.67. The summed E-state index contributed by atoms with van der Waals surface area (Å²) in [6, 6.07) is 8.01. The Labute approximate surface area is 116 Å². The van der Waals surface area contributed by atoms with Crippen LogP contribution < -0.4 is 5.32 Å². The summed E-state index contributed by atoms with van der Waals surface area (Å²) >= 11 is 6.11. The van der Waals surface area contributed by atoms with Crippen molar-refractivity contribution >= 4 is 11.6 Å². The number of benzene rings is 1. The number of hydrogen-bond donors (Lipinski definition) is 1. The first-order chi connectivity index (χ1) is 9.24. The lowest BCUT2D eigenvalue weighted by Crippen LogP contribution is -2.55. The van der Waals surface area contributed by atoms with Crippen molar-refractivity contribution in [3.8, 4) is 11.5 Å². The number of hydrogen-bond acceptors (Lipinski definition) is 5. The second-order valence-corrected chi connectivity index (χ2v) is 5.12. The number of rotatable bonds is 4. The van der Waals surface area contributed by atoms with Gasteiger partial charge in [-0.15, -0.1) is 10.2 Å². The summed E-state index contributed by atoms with van der Waals surface area (Å²) in [4.78, 5) is 2.21. The Morgan fingerprint density at radius 2 is 2.16 bits per heavy atom. The number of likely N-dealkylation sites (N-methyl/N-ethyl adjacent to an activating group) is 1. The van der Waals surface area contributed by atoms with E-state index in [0.717, 1.165) is 18.7 Å². The van der Waals surface area contributed by atoms with Crippen LogP contribution in [0.25, 0.3) is 11.5 Å². The first-order valence-electron chi connectivity index (χ1n) is 6.22. The molecule has 0 unspecified atom stereocenters. The minimum absolute atomic E-state index is 0.473. The van der Waals surface area contributed by atoms with Crippen LogP contribution in [0.5, 0.6) is 0 Å². The molecule has 1 fully saturated rings. The fraction of sp³-hybridized carbons (Fsp3) is 0.385. The zero-order valence-electron chi connectivity index (χ0n) is 10.6. The van der Waals surface area contributed by atoms with Crippen LogP contribution in [0.1, 0.15) is 5.89 Å². The molecule has 0 atom stereocenters. The van der Waals surface area contributed by atoms with Crippen LogP contribution in [0, 0.1) is 0 Å². The van der Waals surface area contributed by atoms with Crippen LogP contribution in [0.15, 0.2) is 28.7 Å². The third-order valence-electron chi connectivity index (χ3n) is 3.34. The summed E-state index contributed by atoms with van der Waals surface area (Å²) in [5.41, 5.74) is 0.774. The molecule has 2 aromatic rings. The summed E-state index contributed by atoms with van der Waals surface area (Å²) in [5.74, 6) is 1.09. The van der Waals surface area contributed by atoms with Crippen molar-refractivity contribution in [1.82, 2.24) is 20.4 Å². The van der Waals surface area contributed by atoms with Crippen LogP contribution in [0.2, 0.25) is 5.02 Å². The fourth-order valence-electron chi connectivity index (χ4n) is 1.99. The summed E-state index contributed by atoms with van der Waals surface area (Å²) in [7, 11) is 2.06. The molecule has 0 spiro atoms. The minimum Gasteiger partial charge on any atom is -0.419 e. The summed E-state index contributed by atoms with van der Waals surface area (Å²) in [5, 5.41) is 12.0. The molecule has 0 radical (unpaired) electrons. The lowest BCUT2D eigenvalue weighted by Gasteiger charge is -2.34. The van der Waals surface area contributed by atoms with E-state index in [1.165, 1.54) is 0 Å². The van der Waals surface area contributed by atoms with Gasteiger partial charge in [0.1, 0.15) is 0 Å². The second kappa shape index (κ2) is 5.28. The Bertz CT molecular complexity index is 567. The van der Waals surface area contributed by atoms with Gasteiger partial charge in [-0.3, -0.25) is 4.90 Å². The van der Waals surface area contributed by atoms with Crippen LogP contribution in [-0.4, -0.2) is 41.3 Å². The van der Waals surface area contributed by atoms with Crippen LogP contribution >= 0.6 is 11.6 Å². The van der Waals surface area contributed by atoms with Crippen molar-refractivity contribution in [3.63, 3.8) is 0 Å². The molecule has 0 bridgehead atoms. The Balaban J connectivity index is 1.74. The van der Waals surface area contributed by atoms with Gasteiger partial charge in [0, 0.05) is 19.1 Å². The highest BCUT2D eigenvalue weighted by molar-refractivity contribution is 6.33. The predicted molar refractivity (Wildman–Crippen MR) is 72.9 cm³/mol. The van der Waals surface area contributed by atoms with Crippen molar-refractivity contribution in [3.05, 3.63) is 35.2 Å². The maximum Gasteiger partial charge on any atom is 0.249 e. The predicted octanol–water partition coefficient (Wildman–Crippen LogP) is 1.79. The van der Waals surface area contributed by atoms with Gasteiger partial charge in [0.2, 0.25) is 11.8 Å². The minimum atomic E-state index is 0.473. The lowest BCUT2D eigenvalue weighted by atomic mass is 10.1. The molecular weight excluding hydrogens is 264 g/mol. The first kappa shape index (κ1) is 12.6. The fourth-order valence-corrected chi connectivity index (χ4v) is 2.21. The molecular formula is C13H15ClN4O. The topological polar surface area (TPSA) is 54.2 Å². The lowest BCUT2D eigenvalue weighted by molar-refractivity contribution is 0.160. The quantitative estimate of drug-likeness (QED) is 0.924. The van der Waals surface area contributed by atoms with Gasteiger partial charge in [-0.2, -0.15) is 0 Å². The van der Waals surface area contributed by atoms with Gasteiger partial charge in [0.05, 0.1) is 17.1 Å². The van der Waals surface area contributed by atoms with Gasteiger partial charge in [-0.25, -0.2) is 0 Å². The smallest absolute Gasteiger partial charge is 0.249 e. The molecule has 1 saturated heterocycles. The number of nitrogens with one attached hydrogen (secondary N) is 1. The molecule has 19 heavy (non-hydrogen) atoms. The van der Waals surface area contributed by atoms with E-state index in [1.54, 1.807) is 0 Å². The maximum atomic E-state index is 6.11. The first-order valence-corrected chi connectivity index (χ1v) is 6.60. The average Bonchev–Trinajstić information content (AvgIpc) is 2.75. The summed E-state index contributed by atoms with van der Waals surface area (Å²) in [6.45, 7) is 2.69. The van der Waals surface area contributed by atoms with Crippen molar-refractivity contribution in [2.24, 2.45) is 0 Å². The molecule has 0 amide bonds. The molecule has 0 aliphatic carbocycles. The number of aromatic nitrogens is 2.